The van der Waals surface area contributed by atoms with Crippen LogP contribution in [0.1, 0.15) is 5.56 Å². The van der Waals surface area contributed by atoms with E-state index in [1.54, 1.807) is 0 Å². The van der Waals surface area contributed by atoms with Gasteiger partial charge in [-0.1, -0.05) is 30.3 Å². The van der Waals surface area contributed by atoms with Crippen LogP contribution in [0.25, 0.3) is 0 Å². The van der Waals surface area contributed by atoms with E-state index in [9.17, 15) is 14.4 Å². The molecule has 0 radical (unpaired) electrons. The van der Waals surface area contributed by atoms with Gasteiger partial charge < -0.3 is 16.0 Å². The van der Waals surface area contributed by atoms with E-state index in [-0.39, 0.29) is 12.5 Å². The van der Waals surface area contributed by atoms with Gasteiger partial charge >= 0.3 is 0 Å². The third-order valence-corrected chi connectivity index (χ3v) is 2.53. The van der Waals surface area contributed by atoms with Gasteiger partial charge in [0.15, 0.2) is 0 Å². The first-order chi connectivity index (χ1) is 9.17. The van der Waals surface area contributed by atoms with Crippen molar-refractivity contribution in [2.75, 3.05) is 13.6 Å². The number of carbonyl (C=O) groups is 3. The molecule has 0 bridgehead atoms. The van der Waals surface area contributed by atoms with Gasteiger partial charge in [-0.25, -0.2) is 0 Å². The Morgan fingerprint density at radius 3 is 2.53 bits per heavy atom. The van der Waals surface area contributed by atoms with Crippen molar-refractivity contribution in [1.29, 1.82) is 0 Å². The highest BCUT2D eigenvalue weighted by Crippen LogP contribution is 2.03. The van der Waals surface area contributed by atoms with Crippen LogP contribution in [-0.4, -0.2) is 37.9 Å². The number of hydrogen-bond acceptors (Lipinski definition) is 3. The highest BCUT2D eigenvalue weighted by atomic mass is 16.2. The summed E-state index contributed by atoms with van der Waals surface area (Å²) in [6.45, 7) is -0.147. The first kappa shape index (κ1) is 14.7. The lowest BCUT2D eigenvalue weighted by Crippen LogP contribution is -2.49. The monoisotopic (exact) mass is 263 g/mol. The van der Waals surface area contributed by atoms with Gasteiger partial charge in [0.05, 0.1) is 6.54 Å². The molecule has 1 aromatic carbocycles. The standard InChI is InChI=1S/C13H17N3O3/c1-14-13(19)11(16-12(18)8-15-9-17)7-10-5-3-2-4-6-10/h2-6,9,11H,7-8H2,1H3,(H,14,19)(H,15,17)(H,16,18). The Balaban J connectivity index is 2.64. The summed E-state index contributed by atoms with van der Waals surface area (Å²) >= 11 is 0. The predicted molar refractivity (Wildman–Crippen MR) is 70.2 cm³/mol. The fraction of sp³-hybridized carbons (Fsp3) is 0.308. The SMILES string of the molecule is CNC(=O)C(Cc1ccccc1)NC(=O)CNC=O. The summed E-state index contributed by atoms with van der Waals surface area (Å²) in [6, 6.07) is 8.72. The average Bonchev–Trinajstić information content (AvgIpc) is 2.44. The molecule has 6 nitrogen and oxygen atoms in total. The number of carbonyl (C=O) groups excluding carboxylic acids is 3. The second-order valence-corrected chi connectivity index (χ2v) is 3.92. The van der Waals surface area contributed by atoms with E-state index >= 15 is 0 Å². The largest absolute Gasteiger partial charge is 0.357 e. The van der Waals surface area contributed by atoms with Gasteiger partial charge in [-0.2, -0.15) is 0 Å². The van der Waals surface area contributed by atoms with Crippen LogP contribution in [0.5, 0.6) is 0 Å². The molecule has 0 aliphatic rings. The van der Waals surface area contributed by atoms with Crippen LogP contribution < -0.4 is 16.0 Å². The maximum absolute atomic E-state index is 11.7. The molecular formula is C13H17N3O3. The maximum Gasteiger partial charge on any atom is 0.242 e. The number of hydrogen-bond donors (Lipinski definition) is 3. The molecule has 1 unspecified atom stereocenters. The number of benzene rings is 1. The summed E-state index contributed by atoms with van der Waals surface area (Å²) in [5.41, 5.74) is 0.944. The molecule has 0 aromatic heterocycles. The molecule has 0 aliphatic heterocycles. The molecule has 1 aromatic rings. The zero-order valence-electron chi connectivity index (χ0n) is 10.7. The average molecular weight is 263 g/mol. The maximum atomic E-state index is 11.7. The topological polar surface area (TPSA) is 87.3 Å². The number of nitrogens with one attached hydrogen (secondary N) is 3. The zero-order valence-corrected chi connectivity index (χ0v) is 10.7. The van der Waals surface area contributed by atoms with E-state index in [0.717, 1.165) is 5.56 Å². The second kappa shape index (κ2) is 7.86. The Bertz CT molecular complexity index is 434. The molecule has 6 heteroatoms. The third kappa shape index (κ3) is 5.20. The van der Waals surface area contributed by atoms with Crippen LogP contribution in [0.2, 0.25) is 0 Å². The van der Waals surface area contributed by atoms with Crippen LogP contribution >= 0.6 is 0 Å². The van der Waals surface area contributed by atoms with Gasteiger partial charge in [-0.05, 0) is 5.56 Å². The number of rotatable bonds is 7. The normalized spacial score (nSPS) is 11.2. The molecule has 0 saturated carbocycles. The summed E-state index contributed by atoms with van der Waals surface area (Å²) in [7, 11) is 1.51. The van der Waals surface area contributed by atoms with Gasteiger partial charge in [-0.15, -0.1) is 0 Å². The first-order valence-electron chi connectivity index (χ1n) is 5.89. The van der Waals surface area contributed by atoms with E-state index in [1.165, 1.54) is 7.05 Å². The molecule has 0 heterocycles. The quantitative estimate of drug-likeness (QED) is 0.563. The van der Waals surface area contributed by atoms with Crippen LogP contribution in [0.15, 0.2) is 30.3 Å². The number of amides is 3. The number of likely N-dealkylation sites (N-methyl/N-ethyl adjacent to an activating group) is 1. The van der Waals surface area contributed by atoms with Crippen LogP contribution in [0, 0.1) is 0 Å². The first-order valence-corrected chi connectivity index (χ1v) is 5.89. The van der Waals surface area contributed by atoms with Crippen molar-refractivity contribution in [3.05, 3.63) is 35.9 Å². The minimum Gasteiger partial charge on any atom is -0.357 e. The van der Waals surface area contributed by atoms with Crippen molar-refractivity contribution in [2.45, 2.75) is 12.5 Å². The fourth-order valence-electron chi connectivity index (χ4n) is 1.61. The van der Waals surface area contributed by atoms with Crippen molar-refractivity contribution in [2.24, 2.45) is 0 Å². The molecule has 19 heavy (non-hydrogen) atoms. The lowest BCUT2D eigenvalue weighted by atomic mass is 10.1. The molecule has 0 aliphatic carbocycles. The van der Waals surface area contributed by atoms with Gasteiger partial charge in [0.1, 0.15) is 6.04 Å². The van der Waals surface area contributed by atoms with E-state index in [0.29, 0.717) is 12.8 Å². The molecule has 3 N–H and O–H groups in total. The van der Waals surface area contributed by atoms with E-state index in [2.05, 4.69) is 16.0 Å². The lowest BCUT2D eigenvalue weighted by molar-refractivity contribution is -0.128. The van der Waals surface area contributed by atoms with Gasteiger partial charge in [-0.3, -0.25) is 14.4 Å². The van der Waals surface area contributed by atoms with E-state index in [4.69, 9.17) is 0 Å². The van der Waals surface area contributed by atoms with Crippen LogP contribution in [0.3, 0.4) is 0 Å². The summed E-state index contributed by atoms with van der Waals surface area (Å²) in [4.78, 5) is 33.3. The van der Waals surface area contributed by atoms with Crippen molar-refractivity contribution >= 4 is 18.2 Å². The Morgan fingerprint density at radius 2 is 1.95 bits per heavy atom. The highest BCUT2D eigenvalue weighted by Gasteiger charge is 2.19. The molecule has 0 spiro atoms. The van der Waals surface area contributed by atoms with Gasteiger partial charge in [0.25, 0.3) is 0 Å². The predicted octanol–water partition coefficient (Wildman–Crippen LogP) is -0.794. The molecular weight excluding hydrogens is 246 g/mol. The molecule has 0 saturated heterocycles. The van der Waals surface area contributed by atoms with Crippen molar-refractivity contribution < 1.29 is 14.4 Å². The lowest BCUT2D eigenvalue weighted by Gasteiger charge is -2.17. The smallest absolute Gasteiger partial charge is 0.242 e. The Labute approximate surface area is 111 Å². The van der Waals surface area contributed by atoms with Crippen molar-refractivity contribution in [1.82, 2.24) is 16.0 Å². The summed E-state index contributed by atoms with van der Waals surface area (Å²) in [5.74, 6) is -0.681. The summed E-state index contributed by atoms with van der Waals surface area (Å²) < 4.78 is 0. The molecule has 1 atom stereocenters. The Hall–Kier alpha value is -2.37. The minimum atomic E-state index is -0.659. The minimum absolute atomic E-state index is 0.147. The molecule has 102 valence electrons. The van der Waals surface area contributed by atoms with E-state index in [1.807, 2.05) is 30.3 Å². The van der Waals surface area contributed by atoms with Crippen LogP contribution in [-0.2, 0) is 20.8 Å². The Morgan fingerprint density at radius 1 is 1.26 bits per heavy atom. The summed E-state index contributed by atoms with van der Waals surface area (Å²) in [6.07, 6.45) is 0.832. The van der Waals surface area contributed by atoms with E-state index < -0.39 is 11.9 Å². The zero-order chi connectivity index (χ0) is 14.1. The fourth-order valence-corrected chi connectivity index (χ4v) is 1.61. The van der Waals surface area contributed by atoms with Crippen LogP contribution in [0.4, 0.5) is 0 Å². The molecule has 3 amide bonds. The van der Waals surface area contributed by atoms with Crippen molar-refractivity contribution in [3.63, 3.8) is 0 Å². The Kier molecular flexibility index (Phi) is 6.08. The molecule has 1 rings (SSSR count). The molecule has 0 fully saturated rings. The summed E-state index contributed by atoms with van der Waals surface area (Å²) in [5, 5.41) is 7.33. The van der Waals surface area contributed by atoms with Gasteiger partial charge in [0, 0.05) is 13.5 Å². The van der Waals surface area contributed by atoms with Gasteiger partial charge in [0.2, 0.25) is 18.2 Å². The third-order valence-electron chi connectivity index (χ3n) is 2.53. The second-order valence-electron chi connectivity index (χ2n) is 3.92. The van der Waals surface area contributed by atoms with Crippen molar-refractivity contribution in [3.8, 4) is 0 Å². The highest BCUT2D eigenvalue weighted by molar-refractivity contribution is 5.88.